The van der Waals surface area contributed by atoms with Crippen molar-refractivity contribution >= 4 is 0 Å². The minimum Gasteiger partial charge on any atom is -1.00 e. The minimum absolute atomic E-state index is 0. The Balaban J connectivity index is -0.00000000357. The van der Waals surface area contributed by atoms with Crippen LogP contribution in [0.4, 0.5) is 0 Å². The quantitative estimate of drug-likeness (QED) is 0.270. The van der Waals surface area contributed by atoms with E-state index < -0.39 is 0 Å². The van der Waals surface area contributed by atoms with Crippen molar-refractivity contribution in [2.45, 2.75) is 0 Å². The van der Waals surface area contributed by atoms with Crippen molar-refractivity contribution in [1.29, 1.82) is 10.5 Å². The van der Waals surface area contributed by atoms with E-state index in [9.17, 15) is 0 Å². The Morgan fingerprint density at radius 2 is 1.38 bits per heavy atom. The van der Waals surface area contributed by atoms with E-state index in [0.29, 0.717) is 0 Å². The number of aliphatic hydroxyl groups excluding tert-OH is 1. The topological polar surface area (TPSA) is 67.8 Å². The molecule has 0 spiro atoms. The molecule has 0 aromatic heterocycles. The fourth-order valence-corrected chi connectivity index (χ4v) is 0. The Morgan fingerprint density at radius 3 is 1.38 bits per heavy atom. The summed E-state index contributed by atoms with van der Waals surface area (Å²) in [4.78, 5) is 0. The predicted molar refractivity (Wildman–Crippen MR) is 13.6 cm³/mol. The predicted octanol–water partition coefficient (Wildman–Crippen LogP) is -2.95. The zero-order chi connectivity index (χ0) is 4.71. The molecule has 8 heavy (non-hydrogen) atoms. The molecule has 0 aliphatic rings. The minimum atomic E-state index is 0. The van der Waals surface area contributed by atoms with Crippen molar-refractivity contribution in [3.05, 3.63) is 6.57 Å². The Hall–Kier alpha value is 1.46. The van der Waals surface area contributed by atoms with Gasteiger partial charge in [-0.1, -0.05) is 0 Å². The molecule has 0 saturated carbocycles. The van der Waals surface area contributed by atoms with E-state index in [4.69, 9.17) is 22.2 Å². The number of aliphatic hydroxyl groups is 1. The molecule has 3 nitrogen and oxygen atoms in total. The Bertz CT molecular complexity index is 65.3. The van der Waals surface area contributed by atoms with Gasteiger partial charge in [-0.3, -0.25) is 0 Å². The van der Waals surface area contributed by atoms with E-state index in [1.54, 1.807) is 0 Å². The van der Waals surface area contributed by atoms with Gasteiger partial charge in [-0.15, -0.1) is 0 Å². The van der Waals surface area contributed by atoms with E-state index in [1.165, 1.54) is 0 Å². The Kier molecular flexibility index (Phi) is 332. The van der Waals surface area contributed by atoms with E-state index in [0.717, 1.165) is 6.26 Å². The SMILES string of the molecule is N#CO.[C-]#N.[Fe].[Fe].[H-].[K+]. The van der Waals surface area contributed by atoms with Gasteiger partial charge in [-0.05, 0) is 0 Å². The molecule has 0 radical (unpaired) electrons. The first-order valence-electron chi connectivity index (χ1n) is 0.671. The third kappa shape index (κ3) is 147. The zero-order valence-corrected chi connectivity index (χ0v) is 9.38. The summed E-state index contributed by atoms with van der Waals surface area (Å²) in [5.41, 5.74) is 0. The van der Waals surface area contributed by atoms with Gasteiger partial charge in [0.25, 0.3) is 6.26 Å². The van der Waals surface area contributed by atoms with Crippen LogP contribution in [0.3, 0.4) is 0 Å². The van der Waals surface area contributed by atoms with Crippen molar-refractivity contribution in [2.75, 3.05) is 0 Å². The maximum Gasteiger partial charge on any atom is 1.00 e. The summed E-state index contributed by atoms with van der Waals surface area (Å²) in [5.74, 6) is 0. The second-order valence-corrected chi connectivity index (χ2v) is 0.100. The second kappa shape index (κ2) is 78.0. The fourth-order valence-electron chi connectivity index (χ4n) is 0. The van der Waals surface area contributed by atoms with Gasteiger partial charge in [-0.25, -0.2) is 0 Å². The summed E-state index contributed by atoms with van der Waals surface area (Å²) in [5, 5.41) is 20.0. The van der Waals surface area contributed by atoms with Crippen LogP contribution < -0.4 is 51.4 Å². The number of rotatable bonds is 0. The first-order chi connectivity index (χ1) is 2.41. The summed E-state index contributed by atoms with van der Waals surface area (Å²) in [7, 11) is 0. The van der Waals surface area contributed by atoms with Gasteiger partial charge in [-0.2, -0.15) is 5.26 Å². The summed E-state index contributed by atoms with van der Waals surface area (Å²) in [6.07, 6.45) is 0.750. The van der Waals surface area contributed by atoms with Crippen LogP contribution in [0.5, 0.6) is 0 Å². The fraction of sp³-hybridized carbons (Fsp3) is 0. The molecule has 0 aromatic carbocycles. The third-order valence-corrected chi connectivity index (χ3v) is 0. The van der Waals surface area contributed by atoms with Gasteiger partial charge in [0.15, 0.2) is 0 Å². The van der Waals surface area contributed by atoms with Crippen LogP contribution in [0.2, 0.25) is 0 Å². The molecule has 44 valence electrons. The number of nitriles is 1. The molecule has 0 unspecified atom stereocenters. The molecule has 0 rings (SSSR count). The first kappa shape index (κ1) is 34.1. The number of hydrogen-bond donors (Lipinski definition) is 1. The number of nitrogens with zero attached hydrogens (tertiary/aromatic N) is 2. The van der Waals surface area contributed by atoms with Crippen LogP contribution in [-0.4, -0.2) is 5.11 Å². The van der Waals surface area contributed by atoms with Gasteiger partial charge in [0.1, 0.15) is 0 Å². The molecule has 0 aromatic rings. The van der Waals surface area contributed by atoms with E-state index in [1.807, 2.05) is 0 Å². The van der Waals surface area contributed by atoms with Crippen molar-refractivity contribution in [1.82, 2.24) is 0 Å². The maximum atomic E-state index is 6.88. The second-order valence-electron chi connectivity index (χ2n) is 0.100. The molecule has 6 heteroatoms. The third-order valence-electron chi connectivity index (χ3n) is 0. The molecular weight excluding hydrogens is 219 g/mol. The molecule has 0 aliphatic carbocycles. The van der Waals surface area contributed by atoms with Crippen molar-refractivity contribution in [3.8, 4) is 6.26 Å². The van der Waals surface area contributed by atoms with Crippen LogP contribution in [-0.2, 0) is 34.1 Å². The van der Waals surface area contributed by atoms with Crippen molar-refractivity contribution < 1.29 is 92.1 Å². The van der Waals surface area contributed by atoms with Crippen molar-refractivity contribution in [3.63, 3.8) is 0 Å². The summed E-state index contributed by atoms with van der Waals surface area (Å²) >= 11 is 0. The molecular formula is C2H2Fe2KN2O-. The summed E-state index contributed by atoms with van der Waals surface area (Å²) < 4.78 is 0. The van der Waals surface area contributed by atoms with Crippen molar-refractivity contribution in [2.24, 2.45) is 0 Å². The molecule has 0 saturated heterocycles. The maximum absolute atomic E-state index is 6.88. The van der Waals surface area contributed by atoms with Crippen LogP contribution >= 0.6 is 0 Å². The van der Waals surface area contributed by atoms with E-state index in [2.05, 4.69) is 0 Å². The molecule has 0 atom stereocenters. The van der Waals surface area contributed by atoms with Gasteiger partial charge < -0.3 is 18.4 Å². The Morgan fingerprint density at radius 1 is 1.38 bits per heavy atom. The first-order valence-corrected chi connectivity index (χ1v) is 0.671. The van der Waals surface area contributed by atoms with Crippen LogP contribution in [0.25, 0.3) is 0 Å². The molecule has 0 fully saturated rings. The summed E-state index contributed by atoms with van der Waals surface area (Å²) in [6, 6.07) is 0. The summed E-state index contributed by atoms with van der Waals surface area (Å²) in [6.45, 7) is 4.75. The zero-order valence-electron chi connectivity index (χ0n) is 5.05. The molecule has 0 bridgehead atoms. The van der Waals surface area contributed by atoms with Gasteiger partial charge >= 0.3 is 51.4 Å². The van der Waals surface area contributed by atoms with E-state index >= 15 is 0 Å². The molecule has 0 heterocycles. The van der Waals surface area contributed by atoms with Gasteiger partial charge in [0.2, 0.25) is 0 Å². The smallest absolute Gasteiger partial charge is 1.00 e. The van der Waals surface area contributed by atoms with Crippen LogP contribution in [0, 0.1) is 23.4 Å². The average molecular weight is 221 g/mol. The molecule has 0 aliphatic heterocycles. The standard InChI is InChI=1S/CHNO.CN.2Fe.K.H/c2-1-3;1-2;;;;/h3H;;;;;/q;-1;;;+1;-1. The monoisotopic (exact) mass is 221 g/mol. The normalized spacial score (nSPS) is 1.12. The van der Waals surface area contributed by atoms with E-state index in [-0.39, 0.29) is 86.9 Å². The average Bonchev–Trinajstić information content (AvgIpc) is 1.46. The van der Waals surface area contributed by atoms with Gasteiger partial charge in [0, 0.05) is 34.1 Å². The van der Waals surface area contributed by atoms with Crippen LogP contribution in [0.1, 0.15) is 1.43 Å². The largest absolute Gasteiger partial charge is 1.00 e. The van der Waals surface area contributed by atoms with Crippen LogP contribution in [0.15, 0.2) is 0 Å². The molecule has 0 amide bonds. The molecule has 1 N–H and O–H groups in total. The number of hydrogen-bond acceptors (Lipinski definition) is 3. The van der Waals surface area contributed by atoms with Gasteiger partial charge in [0.05, 0.1) is 0 Å². The Labute approximate surface area is 113 Å².